The van der Waals surface area contributed by atoms with Crippen molar-refractivity contribution in [1.29, 1.82) is 0 Å². The van der Waals surface area contributed by atoms with Crippen LogP contribution < -0.4 is 10.6 Å². The van der Waals surface area contributed by atoms with Gasteiger partial charge in [0.1, 0.15) is 6.04 Å². The molecule has 2 rings (SSSR count). The summed E-state index contributed by atoms with van der Waals surface area (Å²) in [6, 6.07) is 11.5. The lowest BCUT2D eigenvalue weighted by Crippen LogP contribution is -2.86. The Morgan fingerprint density at radius 3 is 2.57 bits per heavy atom. The first-order valence-electron chi connectivity index (χ1n) is 7.52. The molecule has 0 unspecified atom stereocenters. The fourth-order valence-electron chi connectivity index (χ4n) is 2.44. The number of carbonyl (C=O) groups is 1. The maximum atomic E-state index is 12.1. The molecular weight excluding hydrogens is 331 g/mol. The highest BCUT2D eigenvalue weighted by Gasteiger charge is 2.15. The van der Waals surface area contributed by atoms with Gasteiger partial charge in [0.25, 0.3) is 5.91 Å². The first kappa shape index (κ1) is 17.8. The minimum atomic E-state index is -0.0334. The Kier molecular flexibility index (Phi) is 6.05. The molecule has 1 amide bonds. The average molecular weight is 352 g/mol. The van der Waals surface area contributed by atoms with Gasteiger partial charge in [0.15, 0.2) is 6.54 Å². The summed E-state index contributed by atoms with van der Waals surface area (Å²) >= 11 is 12.1. The van der Waals surface area contributed by atoms with E-state index in [1.165, 1.54) is 5.56 Å². The van der Waals surface area contributed by atoms with Crippen LogP contribution in [0.2, 0.25) is 10.0 Å². The fraction of sp³-hybridized carbons (Fsp3) is 0.278. The van der Waals surface area contributed by atoms with E-state index in [0.717, 1.165) is 16.8 Å². The first-order valence-corrected chi connectivity index (χ1v) is 8.28. The molecule has 5 heteroatoms. The molecule has 23 heavy (non-hydrogen) atoms. The number of aryl methyl sites for hydroxylation is 2. The number of benzene rings is 2. The van der Waals surface area contributed by atoms with E-state index < -0.39 is 0 Å². The van der Waals surface area contributed by atoms with Gasteiger partial charge in [-0.1, -0.05) is 47.0 Å². The van der Waals surface area contributed by atoms with Crippen LogP contribution in [0.15, 0.2) is 36.4 Å². The zero-order valence-electron chi connectivity index (χ0n) is 13.5. The summed E-state index contributed by atoms with van der Waals surface area (Å²) < 4.78 is 0. The van der Waals surface area contributed by atoms with Crippen LogP contribution in [0.3, 0.4) is 0 Å². The van der Waals surface area contributed by atoms with Crippen LogP contribution in [-0.4, -0.2) is 12.5 Å². The van der Waals surface area contributed by atoms with Crippen LogP contribution in [0.25, 0.3) is 0 Å². The third-order valence-electron chi connectivity index (χ3n) is 3.77. The minimum Gasteiger partial charge on any atom is -0.332 e. The maximum absolute atomic E-state index is 12.1. The van der Waals surface area contributed by atoms with Crippen molar-refractivity contribution in [2.45, 2.75) is 26.8 Å². The van der Waals surface area contributed by atoms with Crippen LogP contribution >= 0.6 is 23.2 Å². The van der Waals surface area contributed by atoms with Gasteiger partial charge < -0.3 is 10.6 Å². The molecule has 0 saturated heterocycles. The molecule has 122 valence electrons. The highest BCUT2D eigenvalue weighted by atomic mass is 35.5. The van der Waals surface area contributed by atoms with Crippen LogP contribution in [-0.2, 0) is 4.79 Å². The van der Waals surface area contributed by atoms with Gasteiger partial charge in [0.2, 0.25) is 0 Å². The first-order chi connectivity index (χ1) is 10.9. The molecular formula is C18H21Cl2N2O+. The maximum Gasteiger partial charge on any atom is 0.279 e. The topological polar surface area (TPSA) is 45.7 Å². The SMILES string of the molecule is Cc1ccc(NC(=O)C[NH2+][C@@H](C)c2ccc(Cl)cc2Cl)c(C)c1. The van der Waals surface area contributed by atoms with Crippen molar-refractivity contribution in [1.82, 2.24) is 0 Å². The van der Waals surface area contributed by atoms with Gasteiger partial charge in [-0.25, -0.2) is 0 Å². The fourth-order valence-corrected chi connectivity index (χ4v) is 3.02. The van der Waals surface area contributed by atoms with E-state index in [9.17, 15) is 4.79 Å². The Labute approximate surface area is 147 Å². The molecule has 2 aromatic rings. The molecule has 0 heterocycles. The Balaban J connectivity index is 1.93. The van der Waals surface area contributed by atoms with E-state index in [1.54, 1.807) is 6.07 Å². The second-order valence-electron chi connectivity index (χ2n) is 5.76. The Hall–Kier alpha value is -1.55. The van der Waals surface area contributed by atoms with Crippen molar-refractivity contribution in [3.63, 3.8) is 0 Å². The molecule has 3 N–H and O–H groups in total. The smallest absolute Gasteiger partial charge is 0.279 e. The third-order valence-corrected chi connectivity index (χ3v) is 4.33. The van der Waals surface area contributed by atoms with E-state index in [2.05, 4.69) is 11.4 Å². The number of rotatable bonds is 5. The highest BCUT2D eigenvalue weighted by Crippen LogP contribution is 2.24. The molecule has 0 aliphatic heterocycles. The van der Waals surface area contributed by atoms with E-state index in [0.29, 0.717) is 16.6 Å². The lowest BCUT2D eigenvalue weighted by molar-refractivity contribution is -0.682. The van der Waals surface area contributed by atoms with Crippen LogP contribution in [0.1, 0.15) is 29.7 Å². The molecule has 0 aliphatic carbocycles. The largest absolute Gasteiger partial charge is 0.332 e. The number of amides is 1. The van der Waals surface area contributed by atoms with Crippen LogP contribution in [0, 0.1) is 13.8 Å². The molecule has 0 radical (unpaired) electrons. The molecule has 0 aromatic heterocycles. The molecule has 3 nitrogen and oxygen atoms in total. The van der Waals surface area contributed by atoms with Gasteiger partial charge in [-0.15, -0.1) is 0 Å². The zero-order chi connectivity index (χ0) is 17.0. The number of anilines is 1. The summed E-state index contributed by atoms with van der Waals surface area (Å²) in [6.45, 7) is 6.36. The summed E-state index contributed by atoms with van der Waals surface area (Å²) in [5.41, 5.74) is 4.06. The standard InChI is InChI=1S/C18H20Cl2N2O/c1-11-4-7-17(12(2)8-11)22-18(23)10-21-13(3)15-6-5-14(19)9-16(15)20/h4-9,13,21H,10H2,1-3H3,(H,22,23)/p+1/t13-/m0/s1. The molecule has 0 spiro atoms. The van der Waals surface area contributed by atoms with Crippen molar-refractivity contribution < 1.29 is 10.1 Å². The van der Waals surface area contributed by atoms with E-state index in [1.807, 2.05) is 50.4 Å². The van der Waals surface area contributed by atoms with Gasteiger partial charge in [0.05, 0.1) is 5.02 Å². The number of carbonyl (C=O) groups excluding carboxylic acids is 1. The molecule has 0 bridgehead atoms. The van der Waals surface area contributed by atoms with E-state index in [-0.39, 0.29) is 11.9 Å². The predicted molar refractivity (Wildman–Crippen MR) is 96.2 cm³/mol. The van der Waals surface area contributed by atoms with Crippen molar-refractivity contribution in [2.75, 3.05) is 11.9 Å². The quantitative estimate of drug-likeness (QED) is 0.843. The number of nitrogens with one attached hydrogen (secondary N) is 1. The van der Waals surface area contributed by atoms with Crippen molar-refractivity contribution in [3.05, 3.63) is 63.1 Å². The summed E-state index contributed by atoms with van der Waals surface area (Å²) in [7, 11) is 0. The average Bonchev–Trinajstić information content (AvgIpc) is 2.48. The third kappa shape index (κ3) is 4.96. The lowest BCUT2D eigenvalue weighted by atomic mass is 10.1. The number of halogens is 2. The van der Waals surface area contributed by atoms with Crippen molar-refractivity contribution >= 4 is 34.8 Å². The van der Waals surface area contributed by atoms with Gasteiger partial charge in [0, 0.05) is 16.3 Å². The monoisotopic (exact) mass is 351 g/mol. The molecule has 0 fully saturated rings. The second kappa shape index (κ2) is 7.82. The Morgan fingerprint density at radius 1 is 1.17 bits per heavy atom. The Morgan fingerprint density at radius 2 is 1.91 bits per heavy atom. The van der Waals surface area contributed by atoms with Gasteiger partial charge in [-0.2, -0.15) is 0 Å². The number of quaternary nitrogens is 1. The van der Waals surface area contributed by atoms with Crippen molar-refractivity contribution in [3.8, 4) is 0 Å². The second-order valence-corrected chi connectivity index (χ2v) is 6.60. The molecule has 2 aromatic carbocycles. The summed E-state index contributed by atoms with van der Waals surface area (Å²) in [5, 5.41) is 6.13. The summed E-state index contributed by atoms with van der Waals surface area (Å²) in [6.07, 6.45) is 0. The molecule has 0 aliphatic rings. The summed E-state index contributed by atoms with van der Waals surface area (Å²) in [4.78, 5) is 12.1. The lowest BCUT2D eigenvalue weighted by Gasteiger charge is -2.13. The highest BCUT2D eigenvalue weighted by molar-refractivity contribution is 6.35. The Bertz CT molecular complexity index is 716. The molecule has 1 atom stereocenters. The normalized spacial score (nSPS) is 12.0. The van der Waals surface area contributed by atoms with E-state index in [4.69, 9.17) is 23.2 Å². The zero-order valence-corrected chi connectivity index (χ0v) is 15.0. The number of hydrogen-bond donors (Lipinski definition) is 2. The predicted octanol–water partition coefficient (Wildman–Crippen LogP) is 3.87. The minimum absolute atomic E-state index is 0.0334. The van der Waals surface area contributed by atoms with Crippen LogP contribution in [0.5, 0.6) is 0 Å². The van der Waals surface area contributed by atoms with Gasteiger partial charge in [-0.3, -0.25) is 4.79 Å². The number of nitrogens with two attached hydrogens (primary N) is 1. The van der Waals surface area contributed by atoms with Gasteiger partial charge >= 0.3 is 0 Å². The van der Waals surface area contributed by atoms with Crippen LogP contribution in [0.4, 0.5) is 5.69 Å². The molecule has 0 saturated carbocycles. The number of hydrogen-bond acceptors (Lipinski definition) is 1. The van der Waals surface area contributed by atoms with Crippen molar-refractivity contribution in [2.24, 2.45) is 0 Å². The van der Waals surface area contributed by atoms with Gasteiger partial charge in [-0.05, 0) is 44.5 Å². The van der Waals surface area contributed by atoms with E-state index >= 15 is 0 Å². The summed E-state index contributed by atoms with van der Waals surface area (Å²) in [5.74, 6) is -0.0334.